The zero-order valence-corrected chi connectivity index (χ0v) is 20.0. The third-order valence-corrected chi connectivity index (χ3v) is 8.59. The first-order valence-corrected chi connectivity index (χ1v) is 11.9. The van der Waals surface area contributed by atoms with Gasteiger partial charge in [-0.05, 0) is 44.1 Å². The predicted octanol–water partition coefficient (Wildman–Crippen LogP) is 3.85. The molecular weight excluding hydrogens is 457 g/mol. The van der Waals surface area contributed by atoms with E-state index in [0.717, 1.165) is 55.2 Å². The quantitative estimate of drug-likeness (QED) is 0.618. The Kier molecular flexibility index (Phi) is 6.96. The van der Waals surface area contributed by atoms with Crippen LogP contribution in [0.25, 0.3) is 0 Å². The molecule has 0 amide bonds. The van der Waals surface area contributed by atoms with Gasteiger partial charge < -0.3 is 20.5 Å². The molecule has 2 aromatic rings. The summed E-state index contributed by atoms with van der Waals surface area (Å²) >= 11 is 13.7. The van der Waals surface area contributed by atoms with Gasteiger partial charge in [-0.3, -0.25) is 0 Å². The number of halogens is 2. The molecule has 0 radical (unpaired) electrons. The molecule has 2 aliphatic rings. The van der Waals surface area contributed by atoms with Crippen molar-refractivity contribution in [3.8, 4) is 0 Å². The van der Waals surface area contributed by atoms with Crippen LogP contribution in [-0.4, -0.2) is 52.4 Å². The number of anilines is 1. The molecule has 4 rings (SSSR count). The van der Waals surface area contributed by atoms with Crippen LogP contribution in [0.3, 0.4) is 0 Å². The number of pyridine rings is 1. The van der Waals surface area contributed by atoms with Crippen LogP contribution in [-0.2, 0) is 11.3 Å². The van der Waals surface area contributed by atoms with Gasteiger partial charge in [-0.2, -0.15) is 0 Å². The zero-order chi connectivity index (χ0) is 22.2. The average molecular weight is 484 g/mol. The molecule has 2 fully saturated rings. The maximum absolute atomic E-state index is 10.0. The molecule has 1 spiro atoms. The highest BCUT2D eigenvalue weighted by molar-refractivity contribution is 7.99. The Hall–Kier alpha value is -1.16. The lowest BCUT2D eigenvalue weighted by Gasteiger charge is -2.42. The summed E-state index contributed by atoms with van der Waals surface area (Å²) in [7, 11) is 1.77. The zero-order valence-electron chi connectivity index (χ0n) is 17.6. The highest BCUT2D eigenvalue weighted by Gasteiger charge is 2.47. The monoisotopic (exact) mass is 483 g/mol. The molecule has 2 atom stereocenters. The molecule has 1 aliphatic heterocycles. The van der Waals surface area contributed by atoms with E-state index in [1.165, 1.54) is 11.8 Å². The van der Waals surface area contributed by atoms with Crippen molar-refractivity contribution in [2.24, 2.45) is 11.1 Å². The molecule has 0 aromatic carbocycles. The number of piperidine rings is 1. The number of aliphatic hydroxyl groups is 1. The molecule has 31 heavy (non-hydrogen) atoms. The molecule has 7 nitrogen and oxygen atoms in total. The van der Waals surface area contributed by atoms with Crippen molar-refractivity contribution in [1.29, 1.82) is 0 Å². The minimum absolute atomic E-state index is 0.131. The van der Waals surface area contributed by atoms with Crippen LogP contribution in [0.1, 0.15) is 37.1 Å². The third kappa shape index (κ3) is 4.51. The Morgan fingerprint density at radius 2 is 2.06 bits per heavy atom. The van der Waals surface area contributed by atoms with Gasteiger partial charge >= 0.3 is 0 Å². The van der Waals surface area contributed by atoms with E-state index in [0.29, 0.717) is 15.7 Å². The van der Waals surface area contributed by atoms with Crippen molar-refractivity contribution in [2.45, 2.75) is 61.3 Å². The first kappa shape index (κ1) is 23.0. The summed E-state index contributed by atoms with van der Waals surface area (Å²) in [5.41, 5.74) is 7.97. The fraction of sp³-hybridized carbons (Fsp3) is 0.571. The van der Waals surface area contributed by atoms with E-state index in [4.69, 9.17) is 43.6 Å². The van der Waals surface area contributed by atoms with Gasteiger partial charge in [-0.25, -0.2) is 15.0 Å². The summed E-state index contributed by atoms with van der Waals surface area (Å²) in [6.07, 6.45) is 5.77. The smallest absolute Gasteiger partial charge is 0.153 e. The Morgan fingerprint density at radius 3 is 2.71 bits per heavy atom. The van der Waals surface area contributed by atoms with E-state index >= 15 is 0 Å². The van der Waals surface area contributed by atoms with Crippen LogP contribution in [0.4, 0.5) is 5.82 Å². The number of aromatic nitrogens is 3. The van der Waals surface area contributed by atoms with E-state index in [9.17, 15) is 5.11 Å². The van der Waals surface area contributed by atoms with E-state index in [1.807, 2.05) is 6.92 Å². The van der Waals surface area contributed by atoms with Gasteiger partial charge in [0.15, 0.2) is 5.82 Å². The predicted molar refractivity (Wildman–Crippen MR) is 123 cm³/mol. The largest absolute Gasteiger partial charge is 0.390 e. The average Bonchev–Trinajstić information content (AvgIpc) is 3.08. The number of ether oxygens (including phenoxy) is 1. The summed E-state index contributed by atoms with van der Waals surface area (Å²) in [6.45, 7) is 3.40. The maximum atomic E-state index is 10.0. The Bertz CT molecular complexity index is 956. The fourth-order valence-electron chi connectivity index (χ4n) is 4.71. The lowest BCUT2D eigenvalue weighted by atomic mass is 9.74. The summed E-state index contributed by atoms with van der Waals surface area (Å²) < 4.78 is 5.58. The Labute approximate surface area is 196 Å². The van der Waals surface area contributed by atoms with Crippen LogP contribution >= 0.6 is 35.0 Å². The van der Waals surface area contributed by atoms with E-state index < -0.39 is 0 Å². The second-order valence-corrected chi connectivity index (χ2v) is 10.1. The molecule has 168 valence electrons. The van der Waals surface area contributed by atoms with Gasteiger partial charge in [0, 0.05) is 37.3 Å². The topological polar surface area (TPSA) is 97.4 Å². The standard InChI is InChI=1S/C21H27Cl2N5O2S/c1-12-20(31-15-3-6-25-18(23)17(15)22)27-14(11-29)19(26-12)28-7-4-21(5-8-28)10-13(30-2)9-16(21)24/h3,6,13,16,29H,4-5,7-11,24H2,1-2H3/t13-,16+/m0/s1. The van der Waals surface area contributed by atoms with Crippen LogP contribution in [0.5, 0.6) is 0 Å². The molecule has 2 aromatic heterocycles. The molecule has 1 saturated heterocycles. The van der Waals surface area contributed by atoms with Crippen LogP contribution in [0.2, 0.25) is 10.2 Å². The van der Waals surface area contributed by atoms with E-state index in [-0.39, 0.29) is 29.3 Å². The highest BCUT2D eigenvalue weighted by Crippen LogP contribution is 2.47. The number of nitrogens with zero attached hydrogens (tertiary/aromatic N) is 4. The fourth-order valence-corrected chi connectivity index (χ4v) is 6.02. The molecule has 3 heterocycles. The van der Waals surface area contributed by atoms with Gasteiger partial charge in [-0.15, -0.1) is 0 Å². The molecule has 0 unspecified atom stereocenters. The molecule has 1 saturated carbocycles. The molecular formula is C21H27Cl2N5O2S. The van der Waals surface area contributed by atoms with Crippen molar-refractivity contribution in [3.05, 3.63) is 33.8 Å². The van der Waals surface area contributed by atoms with Gasteiger partial charge in [0.1, 0.15) is 15.9 Å². The minimum Gasteiger partial charge on any atom is -0.390 e. The van der Waals surface area contributed by atoms with Gasteiger partial charge in [0.25, 0.3) is 0 Å². The summed E-state index contributed by atoms with van der Waals surface area (Å²) in [4.78, 5) is 16.5. The normalized spacial score (nSPS) is 23.0. The number of nitrogens with two attached hydrogens (primary N) is 1. The van der Waals surface area contributed by atoms with Gasteiger partial charge in [0.2, 0.25) is 0 Å². The minimum atomic E-state index is -0.187. The lowest BCUT2D eigenvalue weighted by Crippen LogP contribution is -2.47. The first-order valence-electron chi connectivity index (χ1n) is 10.4. The van der Waals surface area contributed by atoms with E-state index in [1.54, 1.807) is 19.4 Å². The van der Waals surface area contributed by atoms with Crippen molar-refractivity contribution in [1.82, 2.24) is 15.0 Å². The highest BCUT2D eigenvalue weighted by atomic mass is 35.5. The molecule has 1 aliphatic carbocycles. The first-order chi connectivity index (χ1) is 14.9. The lowest BCUT2D eigenvalue weighted by molar-refractivity contribution is 0.0890. The van der Waals surface area contributed by atoms with Crippen molar-refractivity contribution in [3.63, 3.8) is 0 Å². The van der Waals surface area contributed by atoms with Crippen LogP contribution in [0, 0.1) is 12.3 Å². The molecule has 0 bridgehead atoms. The summed E-state index contributed by atoms with van der Waals surface area (Å²) in [5, 5.41) is 11.3. The summed E-state index contributed by atoms with van der Waals surface area (Å²) in [6, 6.07) is 1.95. The number of aliphatic hydroxyl groups excluding tert-OH is 1. The Balaban J connectivity index is 1.53. The molecule has 10 heteroatoms. The van der Waals surface area contributed by atoms with Crippen LogP contribution in [0.15, 0.2) is 22.2 Å². The van der Waals surface area contributed by atoms with Gasteiger partial charge in [-0.1, -0.05) is 35.0 Å². The second-order valence-electron chi connectivity index (χ2n) is 8.31. The number of methoxy groups -OCH3 is 1. The number of rotatable bonds is 5. The second kappa shape index (κ2) is 9.37. The SMILES string of the molecule is CO[C@H]1C[C@@H](N)C2(CCN(c3nc(C)c(Sc4ccnc(Cl)c4Cl)nc3CO)CC2)C1. The number of aryl methyl sites for hydroxylation is 1. The number of hydrogen-bond donors (Lipinski definition) is 2. The summed E-state index contributed by atoms with van der Waals surface area (Å²) in [5.74, 6) is 0.743. The maximum Gasteiger partial charge on any atom is 0.153 e. The van der Waals surface area contributed by atoms with Crippen molar-refractivity contribution < 1.29 is 9.84 Å². The third-order valence-electron chi connectivity index (χ3n) is 6.58. The number of hydrogen-bond acceptors (Lipinski definition) is 8. The van der Waals surface area contributed by atoms with E-state index in [2.05, 4.69) is 9.88 Å². The van der Waals surface area contributed by atoms with Crippen molar-refractivity contribution >= 4 is 40.8 Å². The van der Waals surface area contributed by atoms with Gasteiger partial charge in [0.05, 0.1) is 23.4 Å². The van der Waals surface area contributed by atoms with Crippen molar-refractivity contribution in [2.75, 3.05) is 25.1 Å². The molecule has 3 N–H and O–H groups in total. The Morgan fingerprint density at radius 1 is 1.32 bits per heavy atom. The van der Waals surface area contributed by atoms with Crippen LogP contribution < -0.4 is 10.6 Å².